The minimum atomic E-state index is -3.55. The second-order valence-electron chi connectivity index (χ2n) is 7.88. The maximum absolute atomic E-state index is 15.0. The summed E-state index contributed by atoms with van der Waals surface area (Å²) < 4.78 is 42.7. The van der Waals surface area contributed by atoms with Crippen molar-refractivity contribution in [2.45, 2.75) is 18.9 Å². The van der Waals surface area contributed by atoms with Crippen LogP contribution in [-0.2, 0) is 20.7 Å². The average Bonchev–Trinajstić information content (AvgIpc) is 3.41. The Morgan fingerprint density at radius 2 is 2.06 bits per heavy atom. The zero-order valence-corrected chi connectivity index (χ0v) is 19.3. The van der Waals surface area contributed by atoms with Crippen LogP contribution >= 0.6 is 11.3 Å². The fourth-order valence-corrected chi connectivity index (χ4v) is 5.75. The van der Waals surface area contributed by atoms with Crippen LogP contribution in [0.2, 0.25) is 0 Å². The van der Waals surface area contributed by atoms with Gasteiger partial charge in [-0.2, -0.15) is 12.8 Å². The molecule has 5 heterocycles. The Bertz CT molecular complexity index is 1320. The van der Waals surface area contributed by atoms with E-state index in [1.54, 1.807) is 40.4 Å². The lowest BCUT2D eigenvalue weighted by Gasteiger charge is -2.25. The summed E-state index contributed by atoms with van der Waals surface area (Å²) in [6.45, 7) is 1.30. The first-order valence-corrected chi connectivity index (χ1v) is 12.9. The molecule has 1 amide bonds. The number of hydrogen-bond acceptors (Lipinski definition) is 9. The molecule has 33 heavy (non-hydrogen) atoms. The van der Waals surface area contributed by atoms with E-state index in [1.807, 2.05) is 6.07 Å². The zero-order valence-electron chi connectivity index (χ0n) is 17.6. The number of anilines is 2. The van der Waals surface area contributed by atoms with E-state index >= 15 is 0 Å². The standard InChI is InChI=1S/C21H20FN5O4S2/c1-33(29,30)31-14-6-9-26(12-14)17-5-4-15(19(22)25-17)20-24-16-7-10-27(21(28)18(16)32-20)13-3-2-8-23-11-13/h2-5,8,11,14H,6-7,9-10,12H2,1H3/t14-/m0/s1. The number of pyridine rings is 2. The van der Waals surface area contributed by atoms with Crippen LogP contribution in [0, 0.1) is 5.95 Å². The van der Waals surface area contributed by atoms with Gasteiger partial charge in [-0.1, -0.05) is 0 Å². The van der Waals surface area contributed by atoms with Crippen LogP contribution < -0.4 is 9.80 Å². The maximum atomic E-state index is 15.0. The highest BCUT2D eigenvalue weighted by Gasteiger charge is 2.31. The van der Waals surface area contributed by atoms with Crippen LogP contribution in [-0.4, -0.2) is 61.3 Å². The number of rotatable bonds is 5. The minimum Gasteiger partial charge on any atom is -0.354 e. The van der Waals surface area contributed by atoms with E-state index < -0.39 is 22.2 Å². The number of fused-ring (bicyclic) bond motifs is 1. The van der Waals surface area contributed by atoms with Gasteiger partial charge in [0, 0.05) is 32.3 Å². The number of carbonyl (C=O) groups excluding carboxylic acids is 1. The average molecular weight is 490 g/mol. The first-order chi connectivity index (χ1) is 15.8. The molecule has 0 bridgehead atoms. The van der Waals surface area contributed by atoms with E-state index in [4.69, 9.17) is 4.18 Å². The third-order valence-electron chi connectivity index (χ3n) is 5.51. The third kappa shape index (κ3) is 4.45. The molecule has 0 unspecified atom stereocenters. The van der Waals surface area contributed by atoms with Crippen molar-refractivity contribution in [3.63, 3.8) is 0 Å². The molecule has 12 heteroatoms. The van der Waals surface area contributed by atoms with Gasteiger partial charge in [0.25, 0.3) is 16.0 Å². The van der Waals surface area contributed by atoms with Gasteiger partial charge in [0.05, 0.1) is 35.5 Å². The van der Waals surface area contributed by atoms with E-state index in [9.17, 15) is 17.6 Å². The summed E-state index contributed by atoms with van der Waals surface area (Å²) >= 11 is 1.15. The van der Waals surface area contributed by atoms with Crippen LogP contribution in [0.5, 0.6) is 0 Å². The van der Waals surface area contributed by atoms with Crippen molar-refractivity contribution < 1.29 is 21.8 Å². The van der Waals surface area contributed by atoms with E-state index in [1.165, 1.54) is 0 Å². The lowest BCUT2D eigenvalue weighted by Crippen LogP contribution is -2.36. The smallest absolute Gasteiger partial charge is 0.270 e. The van der Waals surface area contributed by atoms with Crippen molar-refractivity contribution >= 4 is 38.9 Å². The molecule has 0 aliphatic carbocycles. The maximum Gasteiger partial charge on any atom is 0.270 e. The van der Waals surface area contributed by atoms with Crippen molar-refractivity contribution in [1.82, 2.24) is 15.0 Å². The van der Waals surface area contributed by atoms with Gasteiger partial charge in [0.15, 0.2) is 0 Å². The zero-order chi connectivity index (χ0) is 23.2. The van der Waals surface area contributed by atoms with Crippen molar-refractivity contribution in [1.29, 1.82) is 0 Å². The fraction of sp³-hybridized carbons (Fsp3) is 0.333. The van der Waals surface area contributed by atoms with E-state index in [-0.39, 0.29) is 11.5 Å². The molecule has 2 aliphatic heterocycles. The Labute approximate surface area is 194 Å². The van der Waals surface area contributed by atoms with Crippen molar-refractivity contribution in [3.05, 3.63) is 53.2 Å². The molecule has 1 fully saturated rings. The molecule has 1 atom stereocenters. The number of hydrogen-bond donors (Lipinski definition) is 0. The summed E-state index contributed by atoms with van der Waals surface area (Å²) in [7, 11) is -3.55. The van der Waals surface area contributed by atoms with Crippen molar-refractivity contribution in [3.8, 4) is 10.6 Å². The molecule has 0 saturated carbocycles. The molecule has 0 spiro atoms. The number of carbonyl (C=O) groups is 1. The Morgan fingerprint density at radius 3 is 2.79 bits per heavy atom. The highest BCUT2D eigenvalue weighted by atomic mass is 32.2. The van der Waals surface area contributed by atoms with Gasteiger partial charge in [0.2, 0.25) is 5.95 Å². The number of nitrogens with zero attached hydrogens (tertiary/aromatic N) is 5. The Balaban J connectivity index is 1.36. The third-order valence-corrected chi connectivity index (χ3v) is 7.25. The van der Waals surface area contributed by atoms with Crippen LogP contribution in [0.15, 0.2) is 36.7 Å². The van der Waals surface area contributed by atoms with Gasteiger partial charge in [-0.25, -0.2) is 9.97 Å². The fourth-order valence-electron chi connectivity index (χ4n) is 4.03. The topological polar surface area (TPSA) is 106 Å². The van der Waals surface area contributed by atoms with Gasteiger partial charge in [-0.15, -0.1) is 11.3 Å². The summed E-state index contributed by atoms with van der Waals surface area (Å²) in [4.78, 5) is 29.6. The largest absolute Gasteiger partial charge is 0.354 e. The Morgan fingerprint density at radius 1 is 1.21 bits per heavy atom. The number of aromatic nitrogens is 3. The van der Waals surface area contributed by atoms with Gasteiger partial charge in [-0.05, 0) is 30.7 Å². The van der Waals surface area contributed by atoms with E-state index in [0.717, 1.165) is 17.6 Å². The summed E-state index contributed by atoms with van der Waals surface area (Å²) in [6.07, 6.45) is 4.88. The molecule has 0 radical (unpaired) electrons. The number of halogens is 1. The predicted molar refractivity (Wildman–Crippen MR) is 121 cm³/mol. The first kappa shape index (κ1) is 21.9. The summed E-state index contributed by atoms with van der Waals surface area (Å²) in [5.74, 6) is -0.467. The van der Waals surface area contributed by atoms with Gasteiger partial charge < -0.3 is 9.80 Å². The molecule has 0 N–H and O–H groups in total. The normalized spacial score (nSPS) is 18.6. The second-order valence-corrected chi connectivity index (χ2v) is 10.5. The molecule has 3 aromatic rings. The highest BCUT2D eigenvalue weighted by molar-refractivity contribution is 7.86. The SMILES string of the molecule is CS(=O)(=O)O[C@H]1CCN(c2ccc(-c3nc4c(s3)C(=O)N(c3cccnc3)CC4)c(F)n2)C1. The molecule has 5 rings (SSSR count). The van der Waals surface area contributed by atoms with Gasteiger partial charge in [0.1, 0.15) is 15.7 Å². The van der Waals surface area contributed by atoms with Crippen LogP contribution in [0.4, 0.5) is 15.9 Å². The lowest BCUT2D eigenvalue weighted by atomic mass is 10.1. The Kier molecular flexibility index (Phi) is 5.59. The van der Waals surface area contributed by atoms with Gasteiger partial charge >= 0.3 is 0 Å². The Hall–Kier alpha value is -2.96. The van der Waals surface area contributed by atoms with Crippen molar-refractivity contribution in [2.75, 3.05) is 35.7 Å². The lowest BCUT2D eigenvalue weighted by molar-refractivity contribution is 0.0984. The molecule has 2 aliphatic rings. The monoisotopic (exact) mass is 489 g/mol. The second kappa shape index (κ2) is 8.43. The first-order valence-electron chi connectivity index (χ1n) is 10.3. The van der Waals surface area contributed by atoms with Crippen LogP contribution in [0.3, 0.4) is 0 Å². The number of amides is 1. The van der Waals surface area contributed by atoms with Gasteiger partial charge in [-0.3, -0.25) is 14.0 Å². The molecule has 0 aromatic carbocycles. The summed E-state index contributed by atoms with van der Waals surface area (Å²) in [5, 5.41) is 0.401. The summed E-state index contributed by atoms with van der Waals surface area (Å²) in [6, 6.07) is 6.86. The van der Waals surface area contributed by atoms with Crippen LogP contribution in [0.25, 0.3) is 10.6 Å². The quantitative estimate of drug-likeness (QED) is 0.398. The minimum absolute atomic E-state index is 0.174. The summed E-state index contributed by atoms with van der Waals surface area (Å²) in [5.41, 5.74) is 1.59. The predicted octanol–water partition coefficient (Wildman–Crippen LogP) is 2.50. The number of thiazole rings is 1. The van der Waals surface area contributed by atoms with Crippen molar-refractivity contribution in [2.24, 2.45) is 0 Å². The molecule has 172 valence electrons. The molecule has 3 aromatic heterocycles. The van der Waals surface area contributed by atoms with E-state index in [0.29, 0.717) is 59.6 Å². The van der Waals surface area contributed by atoms with E-state index in [2.05, 4.69) is 15.0 Å². The molecule has 9 nitrogen and oxygen atoms in total. The molecular formula is C21H20FN5O4S2. The highest BCUT2D eigenvalue weighted by Crippen LogP contribution is 2.35. The molecule has 1 saturated heterocycles. The van der Waals surface area contributed by atoms with Crippen LogP contribution in [0.1, 0.15) is 21.8 Å². The molecular weight excluding hydrogens is 469 g/mol.